The molecule has 1 saturated carbocycles. The van der Waals surface area contributed by atoms with E-state index in [1.54, 1.807) is 14.2 Å². The summed E-state index contributed by atoms with van der Waals surface area (Å²) in [4.78, 5) is 2.57. The average molecular weight is 557 g/mol. The molecule has 4 rings (SSSR count). The molecule has 2 fully saturated rings. The first-order valence-corrected chi connectivity index (χ1v) is 14.7. The number of nitrogens with zero attached hydrogens (tertiary/aromatic N) is 1. The van der Waals surface area contributed by atoms with E-state index in [1.807, 2.05) is 12.1 Å². The molecule has 0 bridgehead atoms. The van der Waals surface area contributed by atoms with Gasteiger partial charge in [0.25, 0.3) is 0 Å². The van der Waals surface area contributed by atoms with Crippen LogP contribution in [0.25, 0.3) is 0 Å². The second-order valence-electron chi connectivity index (χ2n) is 10.0. The predicted octanol–water partition coefficient (Wildman–Crippen LogP) is 7.88. The van der Waals surface area contributed by atoms with Gasteiger partial charge in [-0.05, 0) is 85.5 Å². The Labute approximate surface area is 231 Å². The van der Waals surface area contributed by atoms with Crippen molar-refractivity contribution in [3.8, 4) is 11.5 Å². The average Bonchev–Trinajstić information content (AvgIpc) is 2.82. The van der Waals surface area contributed by atoms with E-state index in [-0.39, 0.29) is 21.9 Å². The molecular formula is C28H39Cl2NO2S2. The molecule has 2 aromatic carbocycles. The van der Waals surface area contributed by atoms with Crippen molar-refractivity contribution in [2.24, 2.45) is 5.92 Å². The van der Waals surface area contributed by atoms with Gasteiger partial charge in [0.15, 0.2) is 11.5 Å². The fourth-order valence-electron chi connectivity index (χ4n) is 5.63. The number of benzene rings is 2. The van der Waals surface area contributed by atoms with Crippen LogP contribution in [0, 0.1) is 5.92 Å². The number of halogens is 2. The first-order valence-electron chi connectivity index (χ1n) is 12.3. The van der Waals surface area contributed by atoms with Gasteiger partial charge in [-0.3, -0.25) is 0 Å². The van der Waals surface area contributed by atoms with E-state index in [4.69, 9.17) is 21.1 Å². The van der Waals surface area contributed by atoms with Gasteiger partial charge in [0.1, 0.15) is 0 Å². The smallest absolute Gasteiger partial charge is 0.161 e. The highest BCUT2D eigenvalue weighted by Gasteiger charge is 2.41. The molecule has 35 heavy (non-hydrogen) atoms. The van der Waals surface area contributed by atoms with Gasteiger partial charge in [0.2, 0.25) is 0 Å². The minimum Gasteiger partial charge on any atom is -0.493 e. The SMILES string of the molecule is COc1ccc(C2(CC(C)CN(C)CC3(c4ccc(Cl)cc4)CCC3)SCCCS2)cc1OC.Cl. The van der Waals surface area contributed by atoms with Gasteiger partial charge < -0.3 is 14.4 Å². The molecule has 194 valence electrons. The van der Waals surface area contributed by atoms with Gasteiger partial charge in [0, 0.05) is 23.5 Å². The van der Waals surface area contributed by atoms with E-state index in [0.717, 1.165) is 36.0 Å². The summed E-state index contributed by atoms with van der Waals surface area (Å²) in [7, 11) is 5.73. The van der Waals surface area contributed by atoms with Crippen LogP contribution in [-0.2, 0) is 9.49 Å². The van der Waals surface area contributed by atoms with Crippen molar-refractivity contribution >= 4 is 47.5 Å². The molecule has 2 aromatic rings. The topological polar surface area (TPSA) is 21.7 Å². The van der Waals surface area contributed by atoms with E-state index in [1.165, 1.54) is 48.3 Å². The van der Waals surface area contributed by atoms with Crippen LogP contribution in [0.1, 0.15) is 50.2 Å². The van der Waals surface area contributed by atoms with Crippen LogP contribution >= 0.6 is 47.5 Å². The lowest BCUT2D eigenvalue weighted by molar-refractivity contribution is 0.146. The number of likely N-dealkylation sites (N-methyl/N-ethyl adjacent to an activating group) is 1. The zero-order valence-electron chi connectivity index (χ0n) is 21.3. The molecule has 0 N–H and O–H groups in total. The second-order valence-corrected chi connectivity index (χ2v) is 13.5. The van der Waals surface area contributed by atoms with Crippen LogP contribution in [0.2, 0.25) is 5.02 Å². The molecule has 1 atom stereocenters. The number of methoxy groups -OCH3 is 2. The highest BCUT2D eigenvalue weighted by Crippen LogP contribution is 2.55. The first-order chi connectivity index (χ1) is 16.4. The summed E-state index contributed by atoms with van der Waals surface area (Å²) in [5, 5.41) is 0.822. The van der Waals surface area contributed by atoms with Crippen molar-refractivity contribution in [2.75, 3.05) is 45.9 Å². The third kappa shape index (κ3) is 6.59. The van der Waals surface area contributed by atoms with E-state index < -0.39 is 0 Å². The molecule has 3 nitrogen and oxygen atoms in total. The van der Waals surface area contributed by atoms with Crippen molar-refractivity contribution in [3.05, 3.63) is 58.6 Å². The van der Waals surface area contributed by atoms with Crippen LogP contribution in [0.15, 0.2) is 42.5 Å². The van der Waals surface area contributed by atoms with Gasteiger partial charge in [-0.15, -0.1) is 35.9 Å². The summed E-state index contributed by atoms with van der Waals surface area (Å²) in [5.41, 5.74) is 3.09. The van der Waals surface area contributed by atoms with Gasteiger partial charge in [-0.1, -0.05) is 43.1 Å². The standard InChI is InChI=1S/C28H38ClNO2S2.ClH/c1-21(19-30(2)20-27(13-5-14-27)22-7-10-24(29)11-8-22)18-28(33-15-6-16-34-28)23-9-12-25(31-3)26(17-23)32-4;/h7-12,17,21H,5-6,13-16,18-20H2,1-4H3;1H. The van der Waals surface area contributed by atoms with Crippen LogP contribution < -0.4 is 9.47 Å². The van der Waals surface area contributed by atoms with Gasteiger partial charge in [-0.2, -0.15) is 0 Å². The summed E-state index contributed by atoms with van der Waals surface area (Å²) in [6, 6.07) is 15.1. The van der Waals surface area contributed by atoms with Crippen molar-refractivity contribution in [1.82, 2.24) is 4.90 Å². The normalized spacial score (nSPS) is 19.4. The number of hydrogen-bond acceptors (Lipinski definition) is 5. The fraction of sp³-hybridized carbons (Fsp3) is 0.571. The lowest BCUT2D eigenvalue weighted by Crippen LogP contribution is -2.45. The Morgan fingerprint density at radius 1 is 0.943 bits per heavy atom. The number of hydrogen-bond donors (Lipinski definition) is 0. The molecule has 1 heterocycles. The molecule has 1 aliphatic heterocycles. The molecule has 0 spiro atoms. The summed E-state index contributed by atoms with van der Waals surface area (Å²) in [6.07, 6.45) is 6.29. The largest absolute Gasteiger partial charge is 0.493 e. The Kier molecular flexibility index (Phi) is 10.5. The van der Waals surface area contributed by atoms with Crippen molar-refractivity contribution in [1.29, 1.82) is 0 Å². The Bertz CT molecular complexity index is 946. The molecule has 1 unspecified atom stereocenters. The maximum atomic E-state index is 6.16. The summed E-state index contributed by atoms with van der Waals surface area (Å²) < 4.78 is 11.2. The van der Waals surface area contributed by atoms with E-state index in [9.17, 15) is 0 Å². The minimum atomic E-state index is 0. The highest BCUT2D eigenvalue weighted by atomic mass is 35.5. The quantitative estimate of drug-likeness (QED) is 0.296. The molecule has 0 aromatic heterocycles. The van der Waals surface area contributed by atoms with E-state index in [0.29, 0.717) is 5.92 Å². The molecule has 7 heteroatoms. The molecule has 1 aliphatic carbocycles. The number of rotatable bonds is 10. The Morgan fingerprint density at radius 3 is 2.14 bits per heavy atom. The van der Waals surface area contributed by atoms with Gasteiger partial charge in [-0.25, -0.2) is 0 Å². The summed E-state index contributed by atoms with van der Waals surface area (Å²) >= 11 is 10.4. The molecule has 2 aliphatic rings. The first kappa shape index (κ1) is 28.8. The maximum absolute atomic E-state index is 6.16. The van der Waals surface area contributed by atoms with Gasteiger partial charge >= 0.3 is 0 Å². The molecular weight excluding hydrogens is 517 g/mol. The van der Waals surface area contributed by atoms with Crippen LogP contribution in [0.5, 0.6) is 11.5 Å². The summed E-state index contributed by atoms with van der Waals surface area (Å²) in [6.45, 7) is 4.64. The zero-order chi connectivity index (χ0) is 24.2. The van der Waals surface area contributed by atoms with Crippen molar-refractivity contribution < 1.29 is 9.47 Å². The number of thioether (sulfide) groups is 2. The maximum Gasteiger partial charge on any atom is 0.161 e. The Morgan fingerprint density at radius 2 is 1.57 bits per heavy atom. The van der Waals surface area contributed by atoms with Crippen molar-refractivity contribution in [2.45, 2.75) is 48.5 Å². The van der Waals surface area contributed by atoms with E-state index in [2.05, 4.69) is 72.7 Å². The monoisotopic (exact) mass is 555 g/mol. The van der Waals surface area contributed by atoms with Crippen LogP contribution in [0.3, 0.4) is 0 Å². The number of ether oxygens (including phenoxy) is 2. The minimum absolute atomic E-state index is 0. The summed E-state index contributed by atoms with van der Waals surface area (Å²) in [5.74, 6) is 4.63. The van der Waals surface area contributed by atoms with Crippen molar-refractivity contribution in [3.63, 3.8) is 0 Å². The van der Waals surface area contributed by atoms with Crippen LogP contribution in [0.4, 0.5) is 0 Å². The fourth-order valence-corrected chi connectivity index (χ4v) is 9.40. The molecule has 0 amide bonds. The van der Waals surface area contributed by atoms with E-state index >= 15 is 0 Å². The lowest BCUT2D eigenvalue weighted by Gasteiger charge is -2.46. The van der Waals surface area contributed by atoms with Crippen LogP contribution in [-0.4, -0.2) is 50.8 Å². The predicted molar refractivity (Wildman–Crippen MR) is 156 cm³/mol. The third-order valence-electron chi connectivity index (χ3n) is 7.36. The Hall–Kier alpha value is -0.720. The second kappa shape index (κ2) is 12.7. The molecule has 1 saturated heterocycles. The lowest BCUT2D eigenvalue weighted by atomic mass is 9.64. The van der Waals surface area contributed by atoms with Gasteiger partial charge in [0.05, 0.1) is 18.3 Å². The molecule has 0 radical (unpaired) electrons. The Balaban J connectivity index is 0.00000342. The third-order valence-corrected chi connectivity index (χ3v) is 11.0. The highest BCUT2D eigenvalue weighted by molar-refractivity contribution is 8.18. The zero-order valence-corrected chi connectivity index (χ0v) is 24.6.